The second-order valence-electron chi connectivity index (χ2n) is 6.36. The molecule has 0 saturated carbocycles. The Balaban J connectivity index is 2.05. The predicted octanol–water partition coefficient (Wildman–Crippen LogP) is 1.90. The zero-order valence-electron chi connectivity index (χ0n) is 13.3. The Kier molecular flexibility index (Phi) is 5.54. The van der Waals surface area contributed by atoms with Crippen LogP contribution >= 0.6 is 0 Å². The van der Waals surface area contributed by atoms with Crippen molar-refractivity contribution in [3.63, 3.8) is 0 Å². The van der Waals surface area contributed by atoms with Gasteiger partial charge in [0.25, 0.3) is 0 Å². The number of likely N-dealkylation sites (N-methyl/N-ethyl adjacent to an activating group) is 1. The van der Waals surface area contributed by atoms with Gasteiger partial charge in [-0.3, -0.25) is 4.90 Å². The third-order valence-electron chi connectivity index (χ3n) is 4.28. The number of likely N-dealkylation sites (tertiary alicyclic amines) is 1. The maximum atomic E-state index is 4.47. The molecule has 2 atom stereocenters. The summed E-state index contributed by atoms with van der Waals surface area (Å²) >= 11 is 0. The van der Waals surface area contributed by atoms with Crippen molar-refractivity contribution in [1.82, 2.24) is 25.0 Å². The molecule has 0 spiro atoms. The second-order valence-corrected chi connectivity index (χ2v) is 6.36. The molecular formula is C15H29N5. The van der Waals surface area contributed by atoms with Crippen molar-refractivity contribution < 1.29 is 0 Å². The lowest BCUT2D eigenvalue weighted by Gasteiger charge is -2.38. The van der Waals surface area contributed by atoms with Gasteiger partial charge in [-0.15, -0.1) is 0 Å². The van der Waals surface area contributed by atoms with Crippen LogP contribution in [0, 0.1) is 5.92 Å². The van der Waals surface area contributed by atoms with E-state index < -0.39 is 0 Å². The average molecular weight is 279 g/mol. The van der Waals surface area contributed by atoms with Crippen LogP contribution in [0.2, 0.25) is 0 Å². The molecule has 1 aromatic heterocycles. The molecule has 1 aliphatic heterocycles. The quantitative estimate of drug-likeness (QED) is 0.864. The van der Waals surface area contributed by atoms with Crippen molar-refractivity contribution in [2.24, 2.45) is 5.92 Å². The zero-order valence-corrected chi connectivity index (χ0v) is 13.3. The normalized spacial score (nSPS) is 22.4. The van der Waals surface area contributed by atoms with E-state index in [-0.39, 0.29) is 0 Å². The third kappa shape index (κ3) is 3.79. The highest BCUT2D eigenvalue weighted by Gasteiger charge is 2.27. The van der Waals surface area contributed by atoms with Gasteiger partial charge in [0.2, 0.25) is 0 Å². The number of nitrogens with one attached hydrogen (secondary N) is 1. The van der Waals surface area contributed by atoms with E-state index in [9.17, 15) is 0 Å². The van der Waals surface area contributed by atoms with Gasteiger partial charge in [0.1, 0.15) is 12.2 Å². The molecule has 1 aliphatic rings. The van der Waals surface area contributed by atoms with Crippen molar-refractivity contribution in [2.45, 2.75) is 65.2 Å². The molecule has 1 N–H and O–H groups in total. The third-order valence-corrected chi connectivity index (χ3v) is 4.28. The fourth-order valence-electron chi connectivity index (χ4n) is 3.06. The Bertz CT molecular complexity index is 401. The lowest BCUT2D eigenvalue weighted by Crippen LogP contribution is -2.50. The summed E-state index contributed by atoms with van der Waals surface area (Å²) in [5.41, 5.74) is 0. The maximum absolute atomic E-state index is 4.47. The SMILES string of the molecule is CNC(C)C1CCCCN1Cc1ncnn1CC(C)C. The summed E-state index contributed by atoms with van der Waals surface area (Å²) in [6.07, 6.45) is 5.61. The summed E-state index contributed by atoms with van der Waals surface area (Å²) in [4.78, 5) is 7.05. The summed E-state index contributed by atoms with van der Waals surface area (Å²) in [5.74, 6) is 1.71. The summed E-state index contributed by atoms with van der Waals surface area (Å²) < 4.78 is 2.07. The Morgan fingerprint density at radius 1 is 1.35 bits per heavy atom. The highest BCUT2D eigenvalue weighted by Crippen LogP contribution is 2.21. The van der Waals surface area contributed by atoms with E-state index in [2.05, 4.69) is 52.8 Å². The van der Waals surface area contributed by atoms with Gasteiger partial charge >= 0.3 is 0 Å². The van der Waals surface area contributed by atoms with Gasteiger partial charge in [-0.05, 0) is 39.3 Å². The first-order chi connectivity index (χ1) is 9.61. The van der Waals surface area contributed by atoms with Gasteiger partial charge in [0, 0.05) is 18.6 Å². The Hall–Kier alpha value is -0.940. The van der Waals surface area contributed by atoms with Crippen molar-refractivity contribution >= 4 is 0 Å². The van der Waals surface area contributed by atoms with E-state index in [0.717, 1.165) is 18.9 Å². The van der Waals surface area contributed by atoms with Crippen LogP contribution in [0.3, 0.4) is 0 Å². The van der Waals surface area contributed by atoms with E-state index in [4.69, 9.17) is 0 Å². The topological polar surface area (TPSA) is 46.0 Å². The number of hydrogen-bond donors (Lipinski definition) is 1. The molecule has 0 aromatic carbocycles. The molecule has 2 rings (SSSR count). The summed E-state index contributed by atoms with van der Waals surface area (Å²) in [6, 6.07) is 1.13. The molecule has 1 saturated heterocycles. The minimum atomic E-state index is 0.525. The first-order valence-electron chi connectivity index (χ1n) is 7.89. The van der Waals surface area contributed by atoms with Crippen LogP contribution in [0.1, 0.15) is 45.9 Å². The fourth-order valence-corrected chi connectivity index (χ4v) is 3.06. The highest BCUT2D eigenvalue weighted by molar-refractivity contribution is 4.91. The second kappa shape index (κ2) is 7.18. The molecule has 114 valence electrons. The van der Waals surface area contributed by atoms with Crippen LogP contribution in [-0.2, 0) is 13.1 Å². The molecule has 20 heavy (non-hydrogen) atoms. The molecule has 5 heteroatoms. The molecule has 2 heterocycles. The Morgan fingerprint density at radius 2 is 2.15 bits per heavy atom. The standard InChI is InChI=1S/C15H29N5/c1-12(2)9-20-15(17-11-18-20)10-19-8-6-5-7-14(19)13(3)16-4/h11-14,16H,5-10H2,1-4H3. The molecule has 0 bridgehead atoms. The van der Waals surface area contributed by atoms with E-state index in [1.807, 2.05) is 0 Å². The monoisotopic (exact) mass is 279 g/mol. The summed E-state index contributed by atoms with van der Waals surface area (Å²) in [7, 11) is 2.05. The smallest absolute Gasteiger partial charge is 0.141 e. The number of aromatic nitrogens is 3. The van der Waals surface area contributed by atoms with Crippen molar-refractivity contribution in [1.29, 1.82) is 0 Å². The Morgan fingerprint density at radius 3 is 2.85 bits per heavy atom. The van der Waals surface area contributed by atoms with Crippen LogP contribution in [0.5, 0.6) is 0 Å². The van der Waals surface area contributed by atoms with E-state index >= 15 is 0 Å². The minimum Gasteiger partial charge on any atom is -0.316 e. The van der Waals surface area contributed by atoms with E-state index in [0.29, 0.717) is 18.0 Å². The molecule has 2 unspecified atom stereocenters. The zero-order chi connectivity index (χ0) is 14.5. The van der Waals surface area contributed by atoms with E-state index in [1.165, 1.54) is 25.8 Å². The molecule has 1 fully saturated rings. The molecule has 0 aliphatic carbocycles. The number of hydrogen-bond acceptors (Lipinski definition) is 4. The molecule has 0 amide bonds. The van der Waals surface area contributed by atoms with Crippen LogP contribution in [-0.4, -0.2) is 45.3 Å². The lowest BCUT2D eigenvalue weighted by molar-refractivity contribution is 0.109. The first kappa shape index (κ1) is 15.4. The van der Waals surface area contributed by atoms with Crippen molar-refractivity contribution in [2.75, 3.05) is 13.6 Å². The largest absolute Gasteiger partial charge is 0.316 e. The number of nitrogens with zero attached hydrogens (tertiary/aromatic N) is 4. The summed E-state index contributed by atoms with van der Waals surface area (Å²) in [6.45, 7) is 9.77. The van der Waals surface area contributed by atoms with E-state index in [1.54, 1.807) is 6.33 Å². The number of piperidine rings is 1. The van der Waals surface area contributed by atoms with Crippen LogP contribution < -0.4 is 5.32 Å². The predicted molar refractivity (Wildman–Crippen MR) is 81.4 cm³/mol. The highest BCUT2D eigenvalue weighted by atomic mass is 15.4. The first-order valence-corrected chi connectivity index (χ1v) is 7.89. The Labute approximate surface area is 122 Å². The van der Waals surface area contributed by atoms with Crippen LogP contribution in [0.25, 0.3) is 0 Å². The van der Waals surface area contributed by atoms with Crippen molar-refractivity contribution in [3.05, 3.63) is 12.2 Å². The summed E-state index contributed by atoms with van der Waals surface area (Å²) in [5, 5.41) is 7.78. The van der Waals surface area contributed by atoms with Crippen molar-refractivity contribution in [3.8, 4) is 0 Å². The lowest BCUT2D eigenvalue weighted by atomic mass is 9.96. The van der Waals surface area contributed by atoms with Gasteiger partial charge in [-0.25, -0.2) is 9.67 Å². The number of rotatable bonds is 6. The van der Waals surface area contributed by atoms with Gasteiger partial charge < -0.3 is 5.32 Å². The molecule has 0 radical (unpaired) electrons. The van der Waals surface area contributed by atoms with Gasteiger partial charge in [-0.1, -0.05) is 20.3 Å². The van der Waals surface area contributed by atoms with Gasteiger partial charge in [-0.2, -0.15) is 5.10 Å². The average Bonchev–Trinajstić information content (AvgIpc) is 2.85. The maximum Gasteiger partial charge on any atom is 0.141 e. The fraction of sp³-hybridized carbons (Fsp3) is 0.867. The van der Waals surface area contributed by atoms with Gasteiger partial charge in [0.05, 0.1) is 6.54 Å². The van der Waals surface area contributed by atoms with Crippen LogP contribution in [0.4, 0.5) is 0 Å². The minimum absolute atomic E-state index is 0.525. The van der Waals surface area contributed by atoms with Gasteiger partial charge in [0.15, 0.2) is 0 Å². The van der Waals surface area contributed by atoms with Crippen LogP contribution in [0.15, 0.2) is 6.33 Å². The molecule has 5 nitrogen and oxygen atoms in total. The molecular weight excluding hydrogens is 250 g/mol. The molecule has 1 aromatic rings.